The summed E-state index contributed by atoms with van der Waals surface area (Å²) in [6.07, 6.45) is 1.33. The Hall–Kier alpha value is -2.27. The summed E-state index contributed by atoms with van der Waals surface area (Å²) < 4.78 is 12.9. The molecule has 166 valence electrons. The molecule has 1 saturated heterocycles. The summed E-state index contributed by atoms with van der Waals surface area (Å²) in [4.78, 5) is 0. The zero-order chi connectivity index (χ0) is 22.1. The topological polar surface area (TPSA) is 38.7 Å². The van der Waals surface area contributed by atoms with Crippen LogP contribution in [-0.2, 0) is 17.8 Å². The van der Waals surface area contributed by atoms with E-state index in [1.165, 1.54) is 11.1 Å². The van der Waals surface area contributed by atoms with Crippen molar-refractivity contribution in [2.24, 2.45) is 5.92 Å². The molecule has 4 atom stereocenters. The normalized spacial score (nSPS) is 24.8. The summed E-state index contributed by atoms with van der Waals surface area (Å²) in [5.41, 5.74) is 4.21. The molecule has 2 aliphatic rings. The standard InChI is InChI=1S/C28H30O3S/c1-28(2)23-17-16-21-22(14-9-15-24(21)30-18-19-10-5-3-6-11-19)26(23)31-27(32-28)25(29)20-12-7-4-8-13-20/h3-15,23,25-27,29H,16-18H2,1-2H3/t23-,25+,26+,27+/m0/s1. The monoisotopic (exact) mass is 446 g/mol. The molecule has 1 heterocycles. The van der Waals surface area contributed by atoms with E-state index in [9.17, 15) is 5.11 Å². The van der Waals surface area contributed by atoms with Gasteiger partial charge in [0.05, 0.1) is 6.10 Å². The highest BCUT2D eigenvalue weighted by molar-refractivity contribution is 8.01. The van der Waals surface area contributed by atoms with Gasteiger partial charge in [-0.1, -0.05) is 86.6 Å². The molecule has 0 spiro atoms. The van der Waals surface area contributed by atoms with E-state index >= 15 is 0 Å². The average Bonchev–Trinajstić information content (AvgIpc) is 2.82. The second kappa shape index (κ2) is 8.93. The lowest BCUT2D eigenvalue weighted by Gasteiger charge is -2.50. The fourth-order valence-corrected chi connectivity index (χ4v) is 6.52. The van der Waals surface area contributed by atoms with E-state index in [1.54, 1.807) is 11.8 Å². The van der Waals surface area contributed by atoms with E-state index in [0.29, 0.717) is 12.5 Å². The highest BCUT2D eigenvalue weighted by Gasteiger charge is 2.49. The average molecular weight is 447 g/mol. The number of fused-ring (bicyclic) bond motifs is 3. The van der Waals surface area contributed by atoms with E-state index in [4.69, 9.17) is 9.47 Å². The maximum absolute atomic E-state index is 11.1. The Morgan fingerprint density at radius 2 is 1.72 bits per heavy atom. The van der Waals surface area contributed by atoms with Crippen molar-refractivity contribution in [1.29, 1.82) is 0 Å². The van der Waals surface area contributed by atoms with Gasteiger partial charge in [-0.05, 0) is 41.2 Å². The van der Waals surface area contributed by atoms with Crippen molar-refractivity contribution < 1.29 is 14.6 Å². The molecular weight excluding hydrogens is 416 g/mol. The molecule has 3 nitrogen and oxygen atoms in total. The molecule has 3 aromatic rings. The molecule has 0 unspecified atom stereocenters. The Morgan fingerprint density at radius 3 is 2.47 bits per heavy atom. The minimum atomic E-state index is -0.663. The lowest BCUT2D eigenvalue weighted by atomic mass is 9.75. The predicted molar refractivity (Wildman–Crippen MR) is 130 cm³/mol. The van der Waals surface area contributed by atoms with Crippen LogP contribution < -0.4 is 4.74 Å². The van der Waals surface area contributed by atoms with E-state index in [-0.39, 0.29) is 16.3 Å². The molecular formula is C28H30O3S. The Kier molecular flexibility index (Phi) is 6.02. The van der Waals surface area contributed by atoms with Crippen LogP contribution in [0.4, 0.5) is 0 Å². The first-order valence-corrected chi connectivity index (χ1v) is 12.3. The SMILES string of the molecule is CC1(C)S[C@H]([C@H](O)c2ccccc2)O[C@@H]2c3cccc(OCc4ccccc4)c3CC[C@@H]21. The molecule has 4 heteroatoms. The Morgan fingerprint density at radius 1 is 1.00 bits per heavy atom. The molecule has 0 amide bonds. The van der Waals surface area contributed by atoms with Crippen LogP contribution >= 0.6 is 11.8 Å². The van der Waals surface area contributed by atoms with Crippen LogP contribution in [0.3, 0.4) is 0 Å². The van der Waals surface area contributed by atoms with Gasteiger partial charge in [-0.25, -0.2) is 0 Å². The number of hydrogen-bond donors (Lipinski definition) is 1. The van der Waals surface area contributed by atoms with Gasteiger partial charge in [-0.2, -0.15) is 0 Å². The third kappa shape index (κ3) is 4.19. The highest BCUT2D eigenvalue weighted by atomic mass is 32.2. The van der Waals surface area contributed by atoms with Crippen molar-refractivity contribution in [2.75, 3.05) is 0 Å². The minimum Gasteiger partial charge on any atom is -0.489 e. The van der Waals surface area contributed by atoms with Crippen LogP contribution in [0.25, 0.3) is 0 Å². The quantitative estimate of drug-likeness (QED) is 0.487. The number of ether oxygens (including phenoxy) is 2. The van der Waals surface area contributed by atoms with E-state index < -0.39 is 6.10 Å². The third-order valence-electron chi connectivity index (χ3n) is 6.78. The van der Waals surface area contributed by atoms with E-state index in [0.717, 1.165) is 29.7 Å². The lowest BCUT2D eigenvalue weighted by molar-refractivity contribution is -0.0801. The zero-order valence-electron chi connectivity index (χ0n) is 18.6. The van der Waals surface area contributed by atoms with Crippen LogP contribution in [-0.4, -0.2) is 15.3 Å². The first-order chi connectivity index (χ1) is 15.5. The molecule has 1 N–H and O–H groups in total. The van der Waals surface area contributed by atoms with E-state index in [1.807, 2.05) is 48.5 Å². The van der Waals surface area contributed by atoms with Crippen LogP contribution in [0.5, 0.6) is 5.75 Å². The van der Waals surface area contributed by atoms with Crippen molar-refractivity contribution >= 4 is 11.8 Å². The molecule has 1 aliphatic heterocycles. The molecule has 3 aromatic carbocycles. The van der Waals surface area contributed by atoms with Crippen molar-refractivity contribution in [3.63, 3.8) is 0 Å². The van der Waals surface area contributed by atoms with E-state index in [2.05, 4.69) is 44.2 Å². The number of aliphatic hydroxyl groups is 1. The van der Waals surface area contributed by atoms with Crippen molar-refractivity contribution in [1.82, 2.24) is 0 Å². The first kappa shape index (κ1) is 21.6. The molecule has 0 bridgehead atoms. The summed E-state index contributed by atoms with van der Waals surface area (Å²) >= 11 is 1.76. The van der Waals surface area contributed by atoms with Crippen molar-refractivity contribution in [3.05, 3.63) is 101 Å². The van der Waals surface area contributed by atoms with Gasteiger partial charge >= 0.3 is 0 Å². The maximum Gasteiger partial charge on any atom is 0.134 e. The first-order valence-electron chi connectivity index (χ1n) is 11.4. The Labute approximate surface area is 194 Å². The zero-order valence-corrected chi connectivity index (χ0v) is 19.4. The second-order valence-electron chi connectivity index (χ2n) is 9.25. The van der Waals surface area contributed by atoms with Gasteiger partial charge < -0.3 is 14.6 Å². The van der Waals surface area contributed by atoms with Gasteiger partial charge in [0, 0.05) is 10.7 Å². The molecule has 32 heavy (non-hydrogen) atoms. The molecule has 0 saturated carbocycles. The van der Waals surface area contributed by atoms with Crippen LogP contribution in [0, 0.1) is 5.92 Å². The summed E-state index contributed by atoms with van der Waals surface area (Å²) in [7, 11) is 0. The summed E-state index contributed by atoms with van der Waals surface area (Å²) in [6, 6.07) is 26.4. The Bertz CT molecular complexity index is 1050. The molecule has 1 aliphatic carbocycles. The number of benzene rings is 3. The van der Waals surface area contributed by atoms with Crippen LogP contribution in [0.1, 0.15) is 54.7 Å². The van der Waals surface area contributed by atoms with Gasteiger partial charge in [0.1, 0.15) is 23.9 Å². The third-order valence-corrected chi connectivity index (χ3v) is 8.29. The smallest absolute Gasteiger partial charge is 0.134 e. The van der Waals surface area contributed by atoms with Gasteiger partial charge in [0.25, 0.3) is 0 Å². The van der Waals surface area contributed by atoms with Gasteiger partial charge in [-0.15, -0.1) is 11.8 Å². The number of rotatable bonds is 5. The Balaban J connectivity index is 1.42. The summed E-state index contributed by atoms with van der Waals surface area (Å²) in [6.45, 7) is 5.15. The molecule has 1 fully saturated rings. The fourth-order valence-electron chi connectivity index (χ4n) is 5.04. The summed E-state index contributed by atoms with van der Waals surface area (Å²) in [5, 5.41) is 11.1. The molecule has 5 rings (SSSR count). The highest BCUT2D eigenvalue weighted by Crippen LogP contribution is 2.56. The second-order valence-corrected chi connectivity index (χ2v) is 11.0. The van der Waals surface area contributed by atoms with Gasteiger partial charge in [0.2, 0.25) is 0 Å². The molecule has 0 aromatic heterocycles. The van der Waals surface area contributed by atoms with Gasteiger partial charge in [0.15, 0.2) is 0 Å². The van der Waals surface area contributed by atoms with Crippen molar-refractivity contribution in [2.45, 2.75) is 55.7 Å². The lowest BCUT2D eigenvalue weighted by Crippen LogP contribution is -2.45. The number of thioether (sulfide) groups is 1. The largest absolute Gasteiger partial charge is 0.489 e. The fraction of sp³-hybridized carbons (Fsp3) is 0.357. The maximum atomic E-state index is 11.1. The minimum absolute atomic E-state index is 0.00192. The van der Waals surface area contributed by atoms with Crippen LogP contribution in [0.15, 0.2) is 78.9 Å². The molecule has 0 radical (unpaired) electrons. The van der Waals surface area contributed by atoms with Crippen molar-refractivity contribution in [3.8, 4) is 5.75 Å². The van der Waals surface area contributed by atoms with Crippen LogP contribution in [0.2, 0.25) is 0 Å². The summed E-state index contributed by atoms with van der Waals surface area (Å²) in [5.74, 6) is 1.34. The number of aliphatic hydroxyl groups excluding tert-OH is 1. The predicted octanol–water partition coefficient (Wildman–Crippen LogP) is 6.47. The van der Waals surface area contributed by atoms with Gasteiger partial charge in [-0.3, -0.25) is 0 Å². The number of hydrogen-bond acceptors (Lipinski definition) is 4.